The molecule has 1 saturated carbocycles. The van der Waals surface area contributed by atoms with E-state index in [4.69, 9.17) is 14.2 Å². The summed E-state index contributed by atoms with van der Waals surface area (Å²) < 4.78 is 16.4. The lowest BCUT2D eigenvalue weighted by Crippen LogP contribution is -2.50. The summed E-state index contributed by atoms with van der Waals surface area (Å²) in [5.74, 6) is 3.13. The normalized spacial score (nSPS) is 19.0. The maximum atomic E-state index is 5.55. The Kier molecular flexibility index (Phi) is 8.49. The Morgan fingerprint density at radius 3 is 2.17 bits per heavy atom. The second-order valence-electron chi connectivity index (χ2n) is 8.15. The number of hydrogen-bond donors (Lipinski definition) is 2. The van der Waals surface area contributed by atoms with E-state index in [0.717, 1.165) is 47.8 Å². The molecular formula is C23H38N4O3. The number of hydrogen-bond acceptors (Lipinski definition) is 5. The maximum Gasteiger partial charge on any atom is 0.191 e. The minimum Gasteiger partial charge on any atom is -0.496 e. The third-order valence-electron chi connectivity index (χ3n) is 6.42. The lowest BCUT2D eigenvalue weighted by Gasteiger charge is -2.36. The quantitative estimate of drug-likeness (QED) is 0.500. The third-order valence-corrected chi connectivity index (χ3v) is 6.42. The molecule has 2 aliphatic rings. The van der Waals surface area contributed by atoms with Crippen LogP contribution in [0.15, 0.2) is 17.1 Å². The van der Waals surface area contributed by atoms with Crippen molar-refractivity contribution in [1.82, 2.24) is 15.5 Å². The zero-order chi connectivity index (χ0) is 21.3. The summed E-state index contributed by atoms with van der Waals surface area (Å²) in [6.45, 7) is 3.12. The molecule has 0 bridgehead atoms. The molecule has 0 radical (unpaired) electrons. The summed E-state index contributed by atoms with van der Waals surface area (Å²) in [4.78, 5) is 7.12. The lowest BCUT2D eigenvalue weighted by molar-refractivity contribution is 0.150. The topological polar surface area (TPSA) is 67.4 Å². The number of aliphatic imine (C=N–C) groups is 1. The van der Waals surface area contributed by atoms with Crippen LogP contribution in [0.25, 0.3) is 0 Å². The van der Waals surface area contributed by atoms with Crippen LogP contribution in [0.3, 0.4) is 0 Å². The van der Waals surface area contributed by atoms with Gasteiger partial charge < -0.3 is 29.7 Å². The van der Waals surface area contributed by atoms with Crippen molar-refractivity contribution >= 4 is 5.96 Å². The van der Waals surface area contributed by atoms with Gasteiger partial charge in [0.2, 0.25) is 0 Å². The third kappa shape index (κ3) is 5.72. The molecule has 0 aromatic heterocycles. The smallest absolute Gasteiger partial charge is 0.191 e. The molecule has 1 saturated heterocycles. The minimum atomic E-state index is 0.485. The SMILES string of the molecule is CN=C(NCCc1c(OC)cc(OC)cc1OC)NC1CCN(C2CCCC2)CC1. The summed E-state index contributed by atoms with van der Waals surface area (Å²) in [5.41, 5.74) is 1.02. The molecule has 30 heavy (non-hydrogen) atoms. The molecule has 2 N–H and O–H groups in total. The summed E-state index contributed by atoms with van der Waals surface area (Å²) in [6, 6.07) is 5.10. The van der Waals surface area contributed by atoms with Gasteiger partial charge in [-0.05, 0) is 32.1 Å². The highest BCUT2D eigenvalue weighted by molar-refractivity contribution is 5.80. The van der Waals surface area contributed by atoms with Crippen LogP contribution < -0.4 is 24.8 Å². The van der Waals surface area contributed by atoms with Gasteiger partial charge in [-0.25, -0.2) is 0 Å². The average Bonchev–Trinajstić information content (AvgIpc) is 3.33. The average molecular weight is 419 g/mol. The molecule has 1 aliphatic carbocycles. The molecule has 1 aliphatic heterocycles. The molecule has 1 aromatic carbocycles. The van der Waals surface area contributed by atoms with Crippen molar-refractivity contribution in [2.24, 2.45) is 4.99 Å². The van der Waals surface area contributed by atoms with Gasteiger partial charge in [0.25, 0.3) is 0 Å². The molecule has 1 heterocycles. The highest BCUT2D eigenvalue weighted by atomic mass is 16.5. The molecule has 0 unspecified atom stereocenters. The first-order valence-corrected chi connectivity index (χ1v) is 11.2. The van der Waals surface area contributed by atoms with Crippen molar-refractivity contribution in [3.8, 4) is 17.2 Å². The molecule has 0 atom stereocenters. The van der Waals surface area contributed by atoms with Crippen molar-refractivity contribution in [2.75, 3.05) is 48.0 Å². The van der Waals surface area contributed by atoms with Gasteiger partial charge in [-0.15, -0.1) is 0 Å². The van der Waals surface area contributed by atoms with E-state index in [1.807, 2.05) is 19.2 Å². The van der Waals surface area contributed by atoms with Gasteiger partial charge in [0.1, 0.15) is 17.2 Å². The van der Waals surface area contributed by atoms with E-state index in [1.165, 1.54) is 51.6 Å². The Bertz CT molecular complexity index is 671. The second-order valence-corrected chi connectivity index (χ2v) is 8.15. The van der Waals surface area contributed by atoms with Crippen LogP contribution in [0, 0.1) is 0 Å². The molecule has 7 nitrogen and oxygen atoms in total. The fourth-order valence-electron chi connectivity index (χ4n) is 4.70. The first kappa shape index (κ1) is 22.5. The monoisotopic (exact) mass is 418 g/mol. The predicted molar refractivity (Wildman–Crippen MR) is 121 cm³/mol. The van der Waals surface area contributed by atoms with Crippen LogP contribution in [0.1, 0.15) is 44.1 Å². The zero-order valence-electron chi connectivity index (χ0n) is 19.0. The standard InChI is InChI=1S/C23H38N4O3/c1-24-23(26-17-10-13-27(14-11-17)18-7-5-6-8-18)25-12-9-20-21(29-3)15-19(28-2)16-22(20)30-4/h15-18H,5-14H2,1-4H3,(H2,24,25,26). The number of likely N-dealkylation sites (tertiary alicyclic amines) is 1. The summed E-state index contributed by atoms with van der Waals surface area (Å²) >= 11 is 0. The summed E-state index contributed by atoms with van der Waals surface area (Å²) in [6.07, 6.45) is 8.71. The lowest BCUT2D eigenvalue weighted by atomic mass is 10.0. The van der Waals surface area contributed by atoms with Crippen LogP contribution in [-0.2, 0) is 6.42 Å². The van der Waals surface area contributed by atoms with Crippen LogP contribution in [0.5, 0.6) is 17.2 Å². The molecule has 1 aromatic rings. The number of rotatable bonds is 8. The fraction of sp³-hybridized carbons (Fsp3) is 0.696. The molecule has 168 valence electrons. The van der Waals surface area contributed by atoms with Crippen molar-refractivity contribution in [1.29, 1.82) is 0 Å². The Labute approximate surface area is 181 Å². The molecule has 0 spiro atoms. The Hall–Kier alpha value is -2.15. The highest BCUT2D eigenvalue weighted by Gasteiger charge is 2.27. The van der Waals surface area contributed by atoms with Gasteiger partial charge in [-0.1, -0.05) is 12.8 Å². The van der Waals surface area contributed by atoms with E-state index in [-0.39, 0.29) is 0 Å². The van der Waals surface area contributed by atoms with Gasteiger partial charge in [-0.3, -0.25) is 4.99 Å². The molecule has 0 amide bonds. The van der Waals surface area contributed by atoms with E-state index in [2.05, 4.69) is 20.5 Å². The van der Waals surface area contributed by atoms with Crippen molar-refractivity contribution in [3.05, 3.63) is 17.7 Å². The van der Waals surface area contributed by atoms with E-state index in [9.17, 15) is 0 Å². The van der Waals surface area contributed by atoms with Gasteiger partial charge in [-0.2, -0.15) is 0 Å². The number of guanidine groups is 1. The number of nitrogens with one attached hydrogen (secondary N) is 2. The summed E-state index contributed by atoms with van der Waals surface area (Å²) in [7, 11) is 6.81. The number of benzene rings is 1. The van der Waals surface area contributed by atoms with E-state index in [0.29, 0.717) is 6.04 Å². The van der Waals surface area contributed by atoms with E-state index >= 15 is 0 Å². The van der Waals surface area contributed by atoms with E-state index in [1.54, 1.807) is 21.3 Å². The van der Waals surface area contributed by atoms with Crippen LogP contribution in [0.2, 0.25) is 0 Å². The summed E-state index contributed by atoms with van der Waals surface area (Å²) in [5, 5.41) is 7.05. The van der Waals surface area contributed by atoms with Gasteiger partial charge in [0.05, 0.1) is 21.3 Å². The first-order valence-electron chi connectivity index (χ1n) is 11.2. The van der Waals surface area contributed by atoms with Crippen LogP contribution in [0.4, 0.5) is 0 Å². The van der Waals surface area contributed by atoms with Crippen LogP contribution in [-0.4, -0.2) is 71.0 Å². The number of ether oxygens (including phenoxy) is 3. The maximum absolute atomic E-state index is 5.55. The molecular weight excluding hydrogens is 380 g/mol. The zero-order valence-corrected chi connectivity index (χ0v) is 19.0. The number of piperidine rings is 1. The Morgan fingerprint density at radius 2 is 1.63 bits per heavy atom. The van der Waals surface area contributed by atoms with Crippen molar-refractivity contribution in [2.45, 2.75) is 57.0 Å². The number of nitrogens with zero attached hydrogens (tertiary/aromatic N) is 2. The highest BCUT2D eigenvalue weighted by Crippen LogP contribution is 2.34. The van der Waals surface area contributed by atoms with Crippen molar-refractivity contribution < 1.29 is 14.2 Å². The first-order chi connectivity index (χ1) is 14.7. The number of methoxy groups -OCH3 is 3. The Morgan fingerprint density at radius 1 is 1.00 bits per heavy atom. The fourth-order valence-corrected chi connectivity index (χ4v) is 4.70. The molecule has 7 heteroatoms. The largest absolute Gasteiger partial charge is 0.496 e. The van der Waals surface area contributed by atoms with Gasteiger partial charge >= 0.3 is 0 Å². The van der Waals surface area contributed by atoms with Gasteiger partial charge in [0, 0.05) is 56.5 Å². The van der Waals surface area contributed by atoms with E-state index < -0.39 is 0 Å². The Balaban J connectivity index is 1.48. The predicted octanol–water partition coefficient (Wildman–Crippen LogP) is 2.83. The molecule has 2 fully saturated rings. The minimum absolute atomic E-state index is 0.485. The van der Waals surface area contributed by atoms with Crippen LogP contribution >= 0.6 is 0 Å². The van der Waals surface area contributed by atoms with Gasteiger partial charge in [0.15, 0.2) is 5.96 Å². The second kappa shape index (κ2) is 11.3. The molecule has 3 rings (SSSR count). The van der Waals surface area contributed by atoms with Crippen molar-refractivity contribution in [3.63, 3.8) is 0 Å².